The quantitative estimate of drug-likeness (QED) is 0.316. The van der Waals surface area contributed by atoms with Crippen molar-refractivity contribution in [1.29, 1.82) is 0 Å². The Labute approximate surface area is 146 Å². The van der Waals surface area contributed by atoms with E-state index in [1.54, 1.807) is 26.8 Å². The van der Waals surface area contributed by atoms with Gasteiger partial charge in [-0.2, -0.15) is 10.2 Å². The number of rotatable bonds is 4. The molecule has 8 heteroatoms. The van der Waals surface area contributed by atoms with Gasteiger partial charge in [-0.15, -0.1) is 0 Å². The Kier molecular flexibility index (Phi) is 3.90. The minimum Gasteiger partial charge on any atom is -0.258 e. The molecule has 0 saturated carbocycles. The average Bonchev–Trinajstić information content (AvgIpc) is 2.53. The van der Waals surface area contributed by atoms with Gasteiger partial charge in [0.1, 0.15) is 19.6 Å². The van der Waals surface area contributed by atoms with E-state index in [4.69, 9.17) is 0 Å². The van der Waals surface area contributed by atoms with Gasteiger partial charge in [-0.05, 0) is 13.8 Å². The fourth-order valence-electron chi connectivity index (χ4n) is 4.88. The van der Waals surface area contributed by atoms with Gasteiger partial charge in [0, 0.05) is 23.4 Å². The number of nitrogens with one attached hydrogen (secondary N) is 3. The van der Waals surface area contributed by atoms with Crippen molar-refractivity contribution in [2.45, 2.75) is 13.8 Å². The smallest absolute Gasteiger partial charge is 0.258 e. The Morgan fingerprint density at radius 3 is 2.20 bits per heavy atom. The van der Waals surface area contributed by atoms with Crippen LogP contribution in [0.15, 0.2) is 34.5 Å². The lowest BCUT2D eigenvalue weighted by Gasteiger charge is -2.52. The maximum Gasteiger partial charge on any atom is 0.270 e. The Hall–Kier alpha value is -2.16. The highest BCUT2D eigenvalue weighted by molar-refractivity contribution is 6.05. The molecule has 4 aliphatic heterocycles. The van der Waals surface area contributed by atoms with Crippen molar-refractivity contribution in [3.8, 4) is 0 Å². The molecule has 0 spiro atoms. The molecule has 4 saturated heterocycles. The molecule has 4 heterocycles. The SMILES string of the molecule is CC(C)=N/N=C(\c1cccc([N+](=O)[O-])c1)C12C[NH+]3C[NH+](C[NH+](C3)C1)C2. The van der Waals surface area contributed by atoms with Gasteiger partial charge in [-0.3, -0.25) is 10.1 Å². The third-order valence-corrected chi connectivity index (χ3v) is 5.45. The Morgan fingerprint density at radius 1 is 1.08 bits per heavy atom. The number of hydrogen-bond donors (Lipinski definition) is 3. The fourth-order valence-corrected chi connectivity index (χ4v) is 4.88. The fraction of sp³-hybridized carbons (Fsp3) is 0.529. The standard InChI is InChI=1S/C17H22N6O2/c1-13(2)18-19-16(14-4-3-5-15(6-14)23(24)25)17-7-20-10-21(8-17)12-22(9-17)11-20/h3-6H,7-12H2,1-2H3/p+3/b19-16+. The molecule has 0 amide bonds. The minimum absolute atomic E-state index is 0.0527. The molecule has 4 bridgehead atoms. The number of nitrogens with zero attached hydrogens (tertiary/aromatic N) is 3. The van der Waals surface area contributed by atoms with Crippen LogP contribution in [0, 0.1) is 15.5 Å². The van der Waals surface area contributed by atoms with Gasteiger partial charge in [0.05, 0.1) is 10.6 Å². The van der Waals surface area contributed by atoms with E-state index in [-0.39, 0.29) is 16.0 Å². The second kappa shape index (κ2) is 5.98. The number of nitro benzene ring substituents is 1. The summed E-state index contributed by atoms with van der Waals surface area (Å²) in [5.74, 6) is 0. The highest BCUT2D eigenvalue weighted by atomic mass is 16.6. The predicted molar refractivity (Wildman–Crippen MR) is 92.9 cm³/mol. The van der Waals surface area contributed by atoms with E-state index >= 15 is 0 Å². The van der Waals surface area contributed by atoms with Gasteiger partial charge in [0.15, 0.2) is 5.41 Å². The summed E-state index contributed by atoms with van der Waals surface area (Å²) < 4.78 is 0. The van der Waals surface area contributed by atoms with Crippen LogP contribution in [0.3, 0.4) is 0 Å². The molecule has 0 unspecified atom stereocenters. The zero-order valence-electron chi connectivity index (χ0n) is 14.7. The van der Waals surface area contributed by atoms with Crippen molar-refractivity contribution >= 4 is 17.1 Å². The summed E-state index contributed by atoms with van der Waals surface area (Å²) in [6.45, 7) is 10.5. The van der Waals surface area contributed by atoms with Crippen LogP contribution >= 0.6 is 0 Å². The summed E-state index contributed by atoms with van der Waals surface area (Å²) >= 11 is 0. The summed E-state index contributed by atoms with van der Waals surface area (Å²) in [6, 6.07) is 6.87. The first kappa shape index (κ1) is 16.3. The van der Waals surface area contributed by atoms with Crippen LogP contribution in [0.25, 0.3) is 0 Å². The Bertz CT molecular complexity index is 733. The van der Waals surface area contributed by atoms with Crippen molar-refractivity contribution in [3.63, 3.8) is 0 Å². The number of benzene rings is 1. The van der Waals surface area contributed by atoms with E-state index in [0.717, 1.165) is 36.6 Å². The van der Waals surface area contributed by atoms with E-state index in [9.17, 15) is 10.1 Å². The predicted octanol–water partition coefficient (Wildman–Crippen LogP) is -2.67. The summed E-state index contributed by atoms with van der Waals surface area (Å²) in [6.07, 6.45) is 0. The van der Waals surface area contributed by atoms with Gasteiger partial charge in [0.25, 0.3) is 5.69 Å². The first-order valence-corrected chi connectivity index (χ1v) is 8.80. The summed E-state index contributed by atoms with van der Waals surface area (Å²) in [5.41, 5.74) is 2.70. The third kappa shape index (κ3) is 2.97. The zero-order chi connectivity index (χ0) is 17.6. The van der Waals surface area contributed by atoms with Gasteiger partial charge >= 0.3 is 0 Å². The molecule has 5 rings (SSSR count). The number of quaternary nitrogens is 3. The normalized spacial score (nSPS) is 33.4. The number of hydrogen-bond acceptors (Lipinski definition) is 4. The van der Waals surface area contributed by atoms with E-state index < -0.39 is 0 Å². The van der Waals surface area contributed by atoms with Gasteiger partial charge < -0.3 is 0 Å². The summed E-state index contributed by atoms with van der Waals surface area (Å²) in [4.78, 5) is 15.7. The summed E-state index contributed by atoms with van der Waals surface area (Å²) in [5, 5.41) is 20.2. The van der Waals surface area contributed by atoms with Crippen molar-refractivity contribution in [3.05, 3.63) is 39.9 Å². The van der Waals surface area contributed by atoms with Crippen LogP contribution in [0.2, 0.25) is 0 Å². The second-order valence-corrected chi connectivity index (χ2v) is 7.89. The lowest BCUT2D eigenvalue weighted by atomic mass is 9.74. The number of nitro groups is 1. The molecule has 4 fully saturated rings. The topological polar surface area (TPSA) is 81.2 Å². The van der Waals surface area contributed by atoms with Crippen molar-refractivity contribution in [1.82, 2.24) is 0 Å². The first-order valence-electron chi connectivity index (χ1n) is 8.80. The molecule has 1 aromatic rings. The Morgan fingerprint density at radius 2 is 1.68 bits per heavy atom. The van der Waals surface area contributed by atoms with Gasteiger partial charge in [-0.1, -0.05) is 12.1 Å². The molecule has 8 nitrogen and oxygen atoms in total. The van der Waals surface area contributed by atoms with E-state index in [1.807, 2.05) is 19.9 Å². The second-order valence-electron chi connectivity index (χ2n) is 7.89. The molecule has 0 aliphatic carbocycles. The molecule has 4 aliphatic rings. The molecule has 0 radical (unpaired) electrons. The highest BCUT2D eigenvalue weighted by Crippen LogP contribution is 2.25. The molecule has 132 valence electrons. The lowest BCUT2D eigenvalue weighted by Crippen LogP contribution is -3.56. The molecule has 25 heavy (non-hydrogen) atoms. The van der Waals surface area contributed by atoms with E-state index in [1.165, 1.54) is 26.1 Å². The first-order chi connectivity index (χ1) is 11.9. The molecule has 3 N–H and O–H groups in total. The lowest BCUT2D eigenvalue weighted by molar-refractivity contribution is -1.30. The van der Waals surface area contributed by atoms with Crippen molar-refractivity contribution < 1.29 is 19.6 Å². The highest BCUT2D eigenvalue weighted by Gasteiger charge is 2.60. The number of non-ortho nitro benzene ring substituents is 1. The molecular weight excluding hydrogens is 320 g/mol. The maximum atomic E-state index is 11.2. The van der Waals surface area contributed by atoms with Crippen LogP contribution < -0.4 is 14.7 Å². The largest absolute Gasteiger partial charge is 0.270 e. The average molecular weight is 345 g/mol. The maximum absolute atomic E-state index is 11.2. The van der Waals surface area contributed by atoms with Gasteiger partial charge in [0.2, 0.25) is 20.0 Å². The molecule has 0 aromatic heterocycles. The Balaban J connectivity index is 1.80. The molecular formula is C17H25N6O2+3. The van der Waals surface area contributed by atoms with Crippen LogP contribution in [0.5, 0.6) is 0 Å². The van der Waals surface area contributed by atoms with Crippen LogP contribution in [0.4, 0.5) is 5.69 Å². The van der Waals surface area contributed by atoms with Crippen molar-refractivity contribution in [2.75, 3.05) is 39.6 Å². The minimum atomic E-state index is -0.340. The van der Waals surface area contributed by atoms with Crippen molar-refractivity contribution in [2.24, 2.45) is 15.6 Å². The molecule has 0 atom stereocenters. The van der Waals surface area contributed by atoms with Crippen LogP contribution in [0.1, 0.15) is 19.4 Å². The summed E-state index contributed by atoms with van der Waals surface area (Å²) in [7, 11) is 0. The van der Waals surface area contributed by atoms with E-state index in [0.29, 0.717) is 0 Å². The van der Waals surface area contributed by atoms with Crippen LogP contribution in [-0.2, 0) is 0 Å². The van der Waals surface area contributed by atoms with Crippen LogP contribution in [-0.4, -0.2) is 56.0 Å². The van der Waals surface area contributed by atoms with E-state index in [2.05, 4.69) is 10.2 Å². The molecule has 1 aromatic carbocycles. The zero-order valence-corrected chi connectivity index (χ0v) is 14.7. The monoisotopic (exact) mass is 345 g/mol. The van der Waals surface area contributed by atoms with Gasteiger partial charge in [-0.25, -0.2) is 14.7 Å². The third-order valence-electron chi connectivity index (χ3n) is 5.45.